The van der Waals surface area contributed by atoms with E-state index in [0.29, 0.717) is 24.6 Å². The summed E-state index contributed by atoms with van der Waals surface area (Å²) in [6.45, 7) is 3.47. The summed E-state index contributed by atoms with van der Waals surface area (Å²) >= 11 is 0. The molecule has 0 aliphatic carbocycles. The third-order valence-electron chi connectivity index (χ3n) is 5.62. The Balaban J connectivity index is 1.53. The molecule has 5 nitrogen and oxygen atoms in total. The largest absolute Gasteiger partial charge is 0.317 e. The van der Waals surface area contributed by atoms with Crippen LogP contribution in [0.5, 0.6) is 0 Å². The molecule has 2 saturated heterocycles. The number of piperidine rings is 2. The molecule has 25 heavy (non-hydrogen) atoms. The summed E-state index contributed by atoms with van der Waals surface area (Å²) in [6.07, 6.45) is 6.96. The topological polar surface area (TPSA) is 73.2 Å². The van der Waals surface area contributed by atoms with Crippen molar-refractivity contribution in [1.29, 1.82) is 5.26 Å². The van der Waals surface area contributed by atoms with Crippen LogP contribution in [0.1, 0.15) is 44.1 Å². The van der Waals surface area contributed by atoms with Gasteiger partial charge < -0.3 is 5.32 Å². The van der Waals surface area contributed by atoms with E-state index in [1.165, 1.54) is 31.7 Å². The van der Waals surface area contributed by atoms with Crippen molar-refractivity contribution in [1.82, 2.24) is 9.62 Å². The first-order chi connectivity index (χ1) is 12.1. The van der Waals surface area contributed by atoms with E-state index in [1.54, 1.807) is 22.5 Å². The molecule has 2 aliphatic heterocycles. The van der Waals surface area contributed by atoms with Crippen LogP contribution in [-0.2, 0) is 10.0 Å². The fourth-order valence-electron chi connectivity index (χ4n) is 3.96. The molecule has 1 aromatic rings. The summed E-state index contributed by atoms with van der Waals surface area (Å²) in [5.74, 6) is 1.49. The Morgan fingerprint density at radius 2 is 1.72 bits per heavy atom. The Kier molecular flexibility index (Phi) is 6.10. The van der Waals surface area contributed by atoms with Crippen LogP contribution in [-0.4, -0.2) is 38.9 Å². The summed E-state index contributed by atoms with van der Waals surface area (Å²) in [7, 11) is -3.48. The lowest BCUT2D eigenvalue weighted by atomic mass is 9.86. The van der Waals surface area contributed by atoms with Crippen LogP contribution in [0.2, 0.25) is 0 Å². The molecular formula is C19H27N3O2S. The summed E-state index contributed by atoms with van der Waals surface area (Å²) in [4.78, 5) is 0.236. The highest BCUT2D eigenvalue weighted by atomic mass is 32.2. The van der Waals surface area contributed by atoms with Crippen LogP contribution >= 0.6 is 0 Å². The van der Waals surface area contributed by atoms with Crippen molar-refractivity contribution in [3.8, 4) is 6.07 Å². The molecule has 0 saturated carbocycles. The van der Waals surface area contributed by atoms with Crippen molar-refractivity contribution in [2.45, 2.75) is 43.4 Å². The van der Waals surface area contributed by atoms with Crippen LogP contribution in [0.3, 0.4) is 0 Å². The van der Waals surface area contributed by atoms with Crippen LogP contribution < -0.4 is 5.32 Å². The Morgan fingerprint density at radius 1 is 1.08 bits per heavy atom. The highest BCUT2D eigenvalue weighted by Gasteiger charge is 2.29. The molecule has 0 amide bonds. The van der Waals surface area contributed by atoms with Crippen molar-refractivity contribution >= 4 is 10.0 Å². The van der Waals surface area contributed by atoms with Gasteiger partial charge in [-0.15, -0.1) is 0 Å². The van der Waals surface area contributed by atoms with Gasteiger partial charge in [0.1, 0.15) is 0 Å². The minimum atomic E-state index is -3.48. The first-order valence-electron chi connectivity index (χ1n) is 9.30. The van der Waals surface area contributed by atoms with E-state index in [4.69, 9.17) is 5.26 Å². The third-order valence-corrected chi connectivity index (χ3v) is 7.51. The van der Waals surface area contributed by atoms with Gasteiger partial charge in [-0.2, -0.15) is 9.57 Å². The second-order valence-corrected chi connectivity index (χ2v) is 9.20. The van der Waals surface area contributed by atoms with Gasteiger partial charge in [0.2, 0.25) is 10.0 Å². The number of nitrogens with zero attached hydrogens (tertiary/aromatic N) is 2. The molecule has 1 aromatic carbocycles. The Bertz CT molecular complexity index is 712. The molecule has 0 atom stereocenters. The van der Waals surface area contributed by atoms with Gasteiger partial charge in [-0.3, -0.25) is 0 Å². The number of sulfonamides is 1. The van der Waals surface area contributed by atoms with Gasteiger partial charge in [0.05, 0.1) is 16.5 Å². The SMILES string of the molecule is N#Cc1cccc(S(=O)(=O)N2CCC(CCC3CCNCC3)CC2)c1. The fraction of sp³-hybridized carbons (Fsp3) is 0.632. The maximum absolute atomic E-state index is 12.8. The molecule has 2 aliphatic rings. The first kappa shape index (κ1) is 18.4. The van der Waals surface area contributed by atoms with Gasteiger partial charge in [-0.1, -0.05) is 18.9 Å². The van der Waals surface area contributed by atoms with Crippen molar-refractivity contribution < 1.29 is 8.42 Å². The molecule has 2 heterocycles. The zero-order chi connectivity index (χ0) is 17.7. The van der Waals surface area contributed by atoms with Gasteiger partial charge in [-0.25, -0.2) is 8.42 Å². The number of hydrogen-bond donors (Lipinski definition) is 1. The Labute approximate surface area is 151 Å². The smallest absolute Gasteiger partial charge is 0.243 e. The first-order valence-corrected chi connectivity index (χ1v) is 10.7. The average molecular weight is 362 g/mol. The minimum Gasteiger partial charge on any atom is -0.317 e. The molecular weight excluding hydrogens is 334 g/mol. The van der Waals surface area contributed by atoms with E-state index in [-0.39, 0.29) is 4.90 Å². The van der Waals surface area contributed by atoms with Crippen LogP contribution in [0.4, 0.5) is 0 Å². The molecule has 6 heteroatoms. The minimum absolute atomic E-state index is 0.236. The molecule has 0 radical (unpaired) electrons. The van der Waals surface area contributed by atoms with Crippen LogP contribution in [0, 0.1) is 23.2 Å². The van der Waals surface area contributed by atoms with Crippen LogP contribution in [0.15, 0.2) is 29.2 Å². The molecule has 136 valence electrons. The van der Waals surface area contributed by atoms with Gasteiger partial charge in [-0.05, 0) is 68.8 Å². The molecule has 3 rings (SSSR count). The van der Waals surface area contributed by atoms with E-state index < -0.39 is 10.0 Å². The van der Waals surface area contributed by atoms with E-state index in [1.807, 2.05) is 6.07 Å². The summed E-state index contributed by atoms with van der Waals surface area (Å²) in [6, 6.07) is 8.33. The molecule has 2 fully saturated rings. The highest BCUT2D eigenvalue weighted by Crippen LogP contribution is 2.29. The summed E-state index contributed by atoms with van der Waals surface area (Å²) in [5, 5.41) is 12.4. The van der Waals surface area contributed by atoms with Crippen molar-refractivity contribution in [2.24, 2.45) is 11.8 Å². The van der Waals surface area contributed by atoms with Gasteiger partial charge in [0.25, 0.3) is 0 Å². The number of benzene rings is 1. The van der Waals surface area contributed by atoms with Crippen molar-refractivity contribution in [2.75, 3.05) is 26.2 Å². The number of nitriles is 1. The fourth-order valence-corrected chi connectivity index (χ4v) is 5.47. The average Bonchev–Trinajstić information content (AvgIpc) is 2.67. The number of nitrogens with one attached hydrogen (secondary N) is 1. The monoisotopic (exact) mass is 361 g/mol. The molecule has 0 spiro atoms. The lowest BCUT2D eigenvalue weighted by molar-refractivity contribution is 0.239. The lowest BCUT2D eigenvalue weighted by Crippen LogP contribution is -2.38. The van der Waals surface area contributed by atoms with E-state index in [2.05, 4.69) is 5.32 Å². The lowest BCUT2D eigenvalue weighted by Gasteiger charge is -2.32. The zero-order valence-corrected chi connectivity index (χ0v) is 15.5. The predicted molar refractivity (Wildman–Crippen MR) is 97.5 cm³/mol. The molecule has 0 bridgehead atoms. The van der Waals surface area contributed by atoms with Crippen LogP contribution in [0.25, 0.3) is 0 Å². The number of hydrogen-bond acceptors (Lipinski definition) is 4. The standard InChI is InChI=1S/C19H27N3O2S/c20-15-18-2-1-3-19(14-18)25(23,24)22-12-8-17(9-13-22)5-4-16-6-10-21-11-7-16/h1-3,14,16-17,21H,4-13H2. The van der Waals surface area contributed by atoms with Gasteiger partial charge in [0.15, 0.2) is 0 Å². The Hall–Kier alpha value is -1.42. The zero-order valence-electron chi connectivity index (χ0n) is 14.7. The molecule has 1 N–H and O–H groups in total. The molecule has 0 aromatic heterocycles. The maximum atomic E-state index is 12.8. The van der Waals surface area contributed by atoms with Gasteiger partial charge >= 0.3 is 0 Å². The van der Waals surface area contributed by atoms with E-state index >= 15 is 0 Å². The predicted octanol–water partition coefficient (Wildman–Crippen LogP) is 2.74. The maximum Gasteiger partial charge on any atom is 0.243 e. The Morgan fingerprint density at radius 3 is 2.36 bits per heavy atom. The number of rotatable bonds is 5. The summed E-state index contributed by atoms with van der Waals surface area (Å²) < 4.78 is 27.1. The normalized spacial score (nSPS) is 21.1. The summed E-state index contributed by atoms with van der Waals surface area (Å²) in [5.41, 5.74) is 0.387. The van der Waals surface area contributed by atoms with Crippen molar-refractivity contribution in [3.63, 3.8) is 0 Å². The quantitative estimate of drug-likeness (QED) is 0.875. The van der Waals surface area contributed by atoms with Gasteiger partial charge in [0, 0.05) is 13.1 Å². The second kappa shape index (κ2) is 8.31. The third kappa shape index (κ3) is 4.60. The van der Waals surface area contributed by atoms with Crippen molar-refractivity contribution in [3.05, 3.63) is 29.8 Å². The van der Waals surface area contributed by atoms with E-state index in [9.17, 15) is 8.42 Å². The highest BCUT2D eigenvalue weighted by molar-refractivity contribution is 7.89. The van der Waals surface area contributed by atoms with E-state index in [0.717, 1.165) is 31.8 Å². The second-order valence-electron chi connectivity index (χ2n) is 7.26. The molecule has 0 unspecified atom stereocenters.